The Balaban J connectivity index is 1.98. The van der Waals surface area contributed by atoms with E-state index in [1.54, 1.807) is 37.4 Å². The van der Waals surface area contributed by atoms with E-state index in [1.807, 2.05) is 20.8 Å². The largest absolute Gasteiger partial charge is 0.418 e. The first-order chi connectivity index (χ1) is 14.4. The van der Waals surface area contributed by atoms with Gasteiger partial charge >= 0.3 is 6.18 Å². The van der Waals surface area contributed by atoms with Crippen molar-refractivity contribution < 1.29 is 13.2 Å². The number of aryl methyl sites for hydroxylation is 1. The summed E-state index contributed by atoms with van der Waals surface area (Å²) in [5, 5.41) is 5.17. The van der Waals surface area contributed by atoms with Gasteiger partial charge in [-0.3, -0.25) is 4.68 Å². The average molecular weight is 467 g/mol. The van der Waals surface area contributed by atoms with E-state index in [1.165, 1.54) is 4.68 Å². The molecule has 0 aliphatic carbocycles. The number of aromatic amines is 1. The van der Waals surface area contributed by atoms with Crippen molar-refractivity contribution in [1.29, 1.82) is 0 Å². The molecule has 1 N–H and O–H groups in total. The molecule has 0 bridgehead atoms. The molecule has 2 heterocycles. The average Bonchev–Trinajstić information content (AvgIpc) is 3.20. The highest BCUT2D eigenvalue weighted by atomic mass is 35.5. The predicted octanol–water partition coefficient (Wildman–Crippen LogP) is 7.25. The zero-order valence-electron chi connectivity index (χ0n) is 17.2. The maximum atomic E-state index is 13.9. The van der Waals surface area contributed by atoms with Gasteiger partial charge in [0, 0.05) is 23.0 Å². The fourth-order valence-corrected chi connectivity index (χ4v) is 4.31. The molecule has 0 saturated heterocycles. The number of hydrogen-bond donors (Lipinski definition) is 1. The number of nitrogens with one attached hydrogen (secondary N) is 1. The molecule has 0 amide bonds. The topological polar surface area (TPSA) is 46.5 Å². The van der Waals surface area contributed by atoms with Crippen molar-refractivity contribution in [1.82, 2.24) is 19.7 Å². The fourth-order valence-electron chi connectivity index (χ4n) is 3.53. The van der Waals surface area contributed by atoms with Gasteiger partial charge in [0.1, 0.15) is 5.69 Å². The first-order valence-corrected chi connectivity index (χ1v) is 10.2. The number of halogens is 5. The van der Waals surface area contributed by atoms with E-state index in [4.69, 9.17) is 23.2 Å². The van der Waals surface area contributed by atoms with Crippen molar-refractivity contribution in [2.24, 2.45) is 7.05 Å². The molecule has 4 aromatic rings. The summed E-state index contributed by atoms with van der Waals surface area (Å²) < 4.78 is 43.3. The van der Waals surface area contributed by atoms with Crippen LogP contribution in [0.15, 0.2) is 36.4 Å². The third kappa shape index (κ3) is 3.81. The SMILES string of the molecule is Cn1nc(C(C)(C)C)c(Cl)c1-c1nc2cc(-c3ccccc3Cl)cc(C(F)(F)F)c2[nH]1. The zero-order chi connectivity index (χ0) is 22.7. The number of rotatable bonds is 2. The quantitative estimate of drug-likeness (QED) is 0.338. The van der Waals surface area contributed by atoms with E-state index >= 15 is 0 Å². The summed E-state index contributed by atoms with van der Waals surface area (Å²) in [5.41, 5.74) is 0.767. The monoisotopic (exact) mass is 466 g/mol. The Hall–Kier alpha value is -2.51. The van der Waals surface area contributed by atoms with Crippen LogP contribution in [-0.2, 0) is 18.6 Å². The van der Waals surface area contributed by atoms with Crippen LogP contribution in [0.1, 0.15) is 32.0 Å². The molecule has 2 aromatic heterocycles. The number of imidazole rings is 1. The fraction of sp³-hybridized carbons (Fsp3) is 0.273. The molecular formula is C22H19Cl2F3N4. The van der Waals surface area contributed by atoms with Crippen molar-refractivity contribution in [2.45, 2.75) is 32.4 Å². The lowest BCUT2D eigenvalue weighted by atomic mass is 9.92. The lowest BCUT2D eigenvalue weighted by Gasteiger charge is -2.15. The summed E-state index contributed by atoms with van der Waals surface area (Å²) in [7, 11) is 1.68. The molecule has 0 unspecified atom stereocenters. The van der Waals surface area contributed by atoms with E-state index < -0.39 is 11.7 Å². The smallest absolute Gasteiger partial charge is 0.336 e. The lowest BCUT2D eigenvalue weighted by molar-refractivity contribution is -0.136. The minimum Gasteiger partial charge on any atom is -0.336 e. The van der Waals surface area contributed by atoms with Gasteiger partial charge in [0.15, 0.2) is 5.82 Å². The first-order valence-electron chi connectivity index (χ1n) is 9.47. The first kappa shape index (κ1) is 21.7. The van der Waals surface area contributed by atoms with Crippen molar-refractivity contribution in [3.8, 4) is 22.6 Å². The van der Waals surface area contributed by atoms with Gasteiger partial charge in [-0.15, -0.1) is 0 Å². The minimum absolute atomic E-state index is 0.118. The van der Waals surface area contributed by atoms with Crippen LogP contribution < -0.4 is 0 Å². The van der Waals surface area contributed by atoms with Crippen LogP contribution >= 0.6 is 23.2 Å². The van der Waals surface area contributed by atoms with Crippen LogP contribution in [0.25, 0.3) is 33.7 Å². The second-order valence-electron chi connectivity index (χ2n) is 8.37. The van der Waals surface area contributed by atoms with Crippen LogP contribution in [0.4, 0.5) is 13.2 Å². The standard InChI is InChI=1S/C22H19Cl2F3N4/c1-21(2,3)19-16(24)18(31(4)30-19)20-28-15-10-11(12-7-5-6-8-14(12)23)9-13(17(15)29-20)22(25,26)27/h5-10H,1-4H3,(H,28,29). The summed E-state index contributed by atoms with van der Waals surface area (Å²) >= 11 is 12.8. The number of aromatic nitrogens is 4. The van der Waals surface area contributed by atoms with Crippen LogP contribution in [0.5, 0.6) is 0 Å². The Bertz CT molecular complexity index is 1300. The minimum atomic E-state index is -4.59. The Kier molecular flexibility index (Phi) is 5.10. The van der Waals surface area contributed by atoms with Gasteiger partial charge in [-0.25, -0.2) is 4.98 Å². The molecule has 0 spiro atoms. The van der Waals surface area contributed by atoms with Crippen molar-refractivity contribution >= 4 is 34.2 Å². The second-order valence-corrected chi connectivity index (χ2v) is 9.15. The van der Waals surface area contributed by atoms with E-state index in [-0.39, 0.29) is 22.3 Å². The van der Waals surface area contributed by atoms with Crippen molar-refractivity contribution in [3.63, 3.8) is 0 Å². The molecule has 31 heavy (non-hydrogen) atoms. The van der Waals surface area contributed by atoms with Gasteiger partial charge in [0.2, 0.25) is 0 Å². The highest BCUT2D eigenvalue weighted by Crippen LogP contribution is 2.41. The highest BCUT2D eigenvalue weighted by Gasteiger charge is 2.35. The van der Waals surface area contributed by atoms with Crippen molar-refractivity contribution in [2.75, 3.05) is 0 Å². The molecule has 9 heteroatoms. The molecule has 0 radical (unpaired) electrons. The molecule has 0 fully saturated rings. The maximum Gasteiger partial charge on any atom is 0.418 e. The zero-order valence-corrected chi connectivity index (χ0v) is 18.7. The van der Waals surface area contributed by atoms with E-state index in [0.717, 1.165) is 6.07 Å². The van der Waals surface area contributed by atoms with Gasteiger partial charge in [0.25, 0.3) is 0 Å². The van der Waals surface area contributed by atoms with E-state index in [2.05, 4.69) is 15.1 Å². The number of hydrogen-bond acceptors (Lipinski definition) is 2. The molecule has 0 aliphatic heterocycles. The second kappa shape index (κ2) is 7.28. The Morgan fingerprint density at radius 1 is 1.03 bits per heavy atom. The molecule has 0 aliphatic rings. The molecule has 4 rings (SSSR count). The van der Waals surface area contributed by atoms with Gasteiger partial charge in [-0.05, 0) is 23.8 Å². The van der Waals surface area contributed by atoms with Crippen LogP contribution in [0, 0.1) is 0 Å². The number of H-pyrrole nitrogens is 1. The van der Waals surface area contributed by atoms with Gasteiger partial charge < -0.3 is 4.98 Å². The van der Waals surface area contributed by atoms with Gasteiger partial charge in [-0.2, -0.15) is 18.3 Å². The van der Waals surface area contributed by atoms with Gasteiger partial charge in [0.05, 0.1) is 27.3 Å². The summed E-state index contributed by atoms with van der Waals surface area (Å²) in [6.07, 6.45) is -4.59. The third-order valence-corrected chi connectivity index (χ3v) is 5.70. The maximum absolute atomic E-state index is 13.9. The number of nitrogens with zero attached hydrogens (tertiary/aromatic N) is 3. The predicted molar refractivity (Wildman–Crippen MR) is 117 cm³/mol. The van der Waals surface area contributed by atoms with Gasteiger partial charge in [-0.1, -0.05) is 62.2 Å². The molecule has 0 atom stereocenters. The van der Waals surface area contributed by atoms with Crippen LogP contribution in [-0.4, -0.2) is 19.7 Å². The Labute approximate surface area is 187 Å². The Morgan fingerprint density at radius 2 is 1.71 bits per heavy atom. The summed E-state index contributed by atoms with van der Waals surface area (Å²) in [5.74, 6) is 0.215. The van der Waals surface area contributed by atoms with Crippen molar-refractivity contribution in [3.05, 3.63) is 57.7 Å². The summed E-state index contributed by atoms with van der Waals surface area (Å²) in [6, 6.07) is 9.41. The Morgan fingerprint density at radius 3 is 2.29 bits per heavy atom. The normalized spacial score (nSPS) is 12.7. The molecule has 162 valence electrons. The van der Waals surface area contributed by atoms with E-state index in [9.17, 15) is 13.2 Å². The summed E-state index contributed by atoms with van der Waals surface area (Å²) in [6.45, 7) is 5.88. The highest BCUT2D eigenvalue weighted by molar-refractivity contribution is 6.34. The van der Waals surface area contributed by atoms with Crippen LogP contribution in [0.2, 0.25) is 10.0 Å². The molecule has 2 aromatic carbocycles. The third-order valence-electron chi connectivity index (χ3n) is 5.01. The molecule has 4 nitrogen and oxygen atoms in total. The lowest BCUT2D eigenvalue weighted by Crippen LogP contribution is -2.12. The number of alkyl halides is 3. The molecule has 0 saturated carbocycles. The van der Waals surface area contributed by atoms with E-state index in [0.29, 0.717) is 32.6 Å². The van der Waals surface area contributed by atoms with Crippen LogP contribution in [0.3, 0.4) is 0 Å². The summed E-state index contributed by atoms with van der Waals surface area (Å²) in [4.78, 5) is 7.26. The molecular weight excluding hydrogens is 448 g/mol. The number of benzene rings is 2. The number of fused-ring (bicyclic) bond motifs is 1.